The second-order valence-electron chi connectivity index (χ2n) is 9.97. The number of aliphatic hydroxyl groups is 1. The number of H-pyrrole nitrogens is 1. The summed E-state index contributed by atoms with van der Waals surface area (Å²) in [7, 11) is 1.62. The van der Waals surface area contributed by atoms with Crippen LogP contribution in [0.1, 0.15) is 49.9 Å². The van der Waals surface area contributed by atoms with E-state index in [1.165, 1.54) is 0 Å². The van der Waals surface area contributed by atoms with Crippen LogP contribution in [0.3, 0.4) is 0 Å². The van der Waals surface area contributed by atoms with E-state index in [-0.39, 0.29) is 37.0 Å². The first-order chi connectivity index (χ1) is 17.3. The van der Waals surface area contributed by atoms with E-state index in [0.717, 1.165) is 27.7 Å². The van der Waals surface area contributed by atoms with Gasteiger partial charge in [0.05, 0.1) is 25.5 Å². The highest BCUT2D eigenvalue weighted by Crippen LogP contribution is 2.49. The van der Waals surface area contributed by atoms with Crippen molar-refractivity contribution >= 4 is 22.7 Å². The molecule has 2 amide bonds. The molecule has 0 aliphatic carbocycles. The van der Waals surface area contributed by atoms with Gasteiger partial charge in [-0.05, 0) is 56.5 Å². The maximum atomic E-state index is 13.9. The summed E-state index contributed by atoms with van der Waals surface area (Å²) < 4.78 is 11.6. The zero-order valence-corrected chi connectivity index (χ0v) is 21.2. The average Bonchev–Trinajstić information content (AvgIpc) is 3.26. The molecule has 2 N–H and O–H groups in total. The van der Waals surface area contributed by atoms with E-state index in [1.807, 2.05) is 57.2 Å². The number of hydrogen-bond acceptors (Lipinski definition) is 5. The third kappa shape index (κ3) is 3.71. The lowest BCUT2D eigenvalue weighted by Crippen LogP contribution is -2.67. The number of aliphatic hydroxyl groups excluding tert-OH is 1. The van der Waals surface area contributed by atoms with Gasteiger partial charge in [-0.15, -0.1) is 0 Å². The van der Waals surface area contributed by atoms with Gasteiger partial charge in [-0.2, -0.15) is 0 Å². The number of hydrogen-bond donors (Lipinski definition) is 2. The van der Waals surface area contributed by atoms with Gasteiger partial charge in [-0.1, -0.05) is 24.3 Å². The first kappa shape index (κ1) is 24.2. The van der Waals surface area contributed by atoms with Gasteiger partial charge < -0.3 is 29.4 Å². The number of benzene rings is 2. The molecule has 0 unspecified atom stereocenters. The van der Waals surface area contributed by atoms with Crippen molar-refractivity contribution in [3.05, 3.63) is 59.3 Å². The zero-order chi connectivity index (χ0) is 25.6. The SMILES string of the molecule is COc1cc([C@@H]2CN3C(=O)CN(CCCO)C(=O)[C@]3(C)c3[nH]c4ccccc4c32)ccc1OC(C)C. The first-order valence-corrected chi connectivity index (χ1v) is 12.5. The van der Waals surface area contributed by atoms with Crippen LogP contribution in [-0.4, -0.2) is 71.2 Å². The molecule has 1 fully saturated rings. The lowest BCUT2D eigenvalue weighted by Gasteiger charge is -2.51. The molecule has 3 heterocycles. The number of para-hydroxylation sites is 1. The lowest BCUT2D eigenvalue weighted by molar-refractivity contribution is -0.166. The molecule has 8 nitrogen and oxygen atoms in total. The molecule has 2 aromatic carbocycles. The Morgan fingerprint density at radius 1 is 1.17 bits per heavy atom. The minimum absolute atomic E-state index is 0.00567. The number of nitrogens with zero attached hydrogens (tertiary/aromatic N) is 2. The predicted octanol–water partition coefficient (Wildman–Crippen LogP) is 3.38. The molecule has 8 heteroatoms. The van der Waals surface area contributed by atoms with Crippen LogP contribution in [0.5, 0.6) is 11.5 Å². The molecule has 0 radical (unpaired) electrons. The van der Waals surface area contributed by atoms with Gasteiger partial charge in [0.15, 0.2) is 17.0 Å². The number of ether oxygens (including phenoxy) is 2. The van der Waals surface area contributed by atoms with E-state index in [9.17, 15) is 14.7 Å². The van der Waals surface area contributed by atoms with E-state index >= 15 is 0 Å². The Labute approximate surface area is 210 Å². The van der Waals surface area contributed by atoms with Crippen LogP contribution in [0, 0.1) is 0 Å². The smallest absolute Gasteiger partial charge is 0.254 e. The molecule has 36 heavy (non-hydrogen) atoms. The number of aromatic amines is 1. The highest BCUT2D eigenvalue weighted by molar-refractivity contribution is 6.01. The van der Waals surface area contributed by atoms with Gasteiger partial charge in [0.2, 0.25) is 5.91 Å². The Hall–Kier alpha value is -3.52. The van der Waals surface area contributed by atoms with Crippen molar-refractivity contribution in [3.8, 4) is 11.5 Å². The number of piperazine rings is 1. The molecular weight excluding hydrogens is 458 g/mol. The topological polar surface area (TPSA) is 95.1 Å². The molecule has 2 atom stereocenters. The summed E-state index contributed by atoms with van der Waals surface area (Å²) in [5, 5.41) is 10.3. The first-order valence-electron chi connectivity index (χ1n) is 12.5. The summed E-state index contributed by atoms with van der Waals surface area (Å²) in [6.45, 7) is 6.47. The largest absolute Gasteiger partial charge is 0.493 e. The summed E-state index contributed by atoms with van der Waals surface area (Å²) in [6.07, 6.45) is 0.438. The number of nitrogens with one attached hydrogen (secondary N) is 1. The highest BCUT2D eigenvalue weighted by Gasteiger charge is 2.56. The van der Waals surface area contributed by atoms with Crippen molar-refractivity contribution in [1.29, 1.82) is 0 Å². The molecule has 190 valence electrons. The standard InChI is InChI=1S/C28H33N3O5/c1-17(2)36-22-11-10-18(14-23(22)35-4)20-15-31-24(33)16-30(12-7-13-32)27(34)28(31,3)26-25(20)19-8-5-6-9-21(19)29-26/h5-6,8-11,14,17,20,29,32H,7,12-13,15-16H2,1-4H3/t20-,28-/m0/s1. The van der Waals surface area contributed by atoms with Crippen LogP contribution in [0.15, 0.2) is 42.5 Å². The maximum absolute atomic E-state index is 13.9. The number of amides is 2. The Kier molecular flexibility index (Phi) is 6.16. The van der Waals surface area contributed by atoms with Gasteiger partial charge in [0.1, 0.15) is 0 Å². The Balaban J connectivity index is 1.67. The fourth-order valence-corrected chi connectivity index (χ4v) is 5.67. The van der Waals surface area contributed by atoms with Crippen molar-refractivity contribution in [2.75, 3.05) is 33.4 Å². The van der Waals surface area contributed by atoms with E-state index in [2.05, 4.69) is 11.1 Å². The number of carbonyl (C=O) groups is 2. The fourth-order valence-electron chi connectivity index (χ4n) is 5.67. The predicted molar refractivity (Wildman–Crippen MR) is 136 cm³/mol. The van der Waals surface area contributed by atoms with Crippen LogP contribution in [-0.2, 0) is 15.1 Å². The second-order valence-corrected chi connectivity index (χ2v) is 9.97. The summed E-state index contributed by atoms with van der Waals surface area (Å²) in [4.78, 5) is 34.1. The molecule has 5 rings (SSSR count). The summed E-state index contributed by atoms with van der Waals surface area (Å²) in [6, 6.07) is 13.9. The number of methoxy groups -OCH3 is 1. The minimum atomic E-state index is -1.15. The van der Waals surface area contributed by atoms with E-state index in [4.69, 9.17) is 9.47 Å². The minimum Gasteiger partial charge on any atom is -0.493 e. The molecule has 0 spiro atoms. The van der Waals surface area contributed by atoms with Gasteiger partial charge >= 0.3 is 0 Å². The van der Waals surface area contributed by atoms with E-state index < -0.39 is 5.54 Å². The molecular formula is C28H33N3O5. The van der Waals surface area contributed by atoms with Crippen LogP contribution >= 0.6 is 0 Å². The van der Waals surface area contributed by atoms with Crippen molar-refractivity contribution in [2.24, 2.45) is 0 Å². The van der Waals surface area contributed by atoms with Crippen molar-refractivity contribution < 1.29 is 24.2 Å². The Bertz CT molecular complexity index is 1320. The Morgan fingerprint density at radius 2 is 1.94 bits per heavy atom. The van der Waals surface area contributed by atoms with Crippen LogP contribution in [0.25, 0.3) is 10.9 Å². The molecule has 1 saturated heterocycles. The third-order valence-corrected chi connectivity index (χ3v) is 7.36. The van der Waals surface area contributed by atoms with Crippen molar-refractivity contribution in [2.45, 2.75) is 44.8 Å². The maximum Gasteiger partial charge on any atom is 0.254 e. The number of aromatic nitrogens is 1. The zero-order valence-electron chi connectivity index (χ0n) is 21.2. The summed E-state index contributed by atoms with van der Waals surface area (Å²) in [5.74, 6) is 0.912. The summed E-state index contributed by atoms with van der Waals surface area (Å²) in [5.41, 5.74) is 2.53. The molecule has 0 bridgehead atoms. The van der Waals surface area contributed by atoms with Gasteiger partial charge in [-0.25, -0.2) is 0 Å². The van der Waals surface area contributed by atoms with Gasteiger partial charge in [-0.3, -0.25) is 9.59 Å². The number of carbonyl (C=O) groups excluding carboxylic acids is 2. The molecule has 0 saturated carbocycles. The fraction of sp³-hybridized carbons (Fsp3) is 0.429. The normalized spacial score (nSPS) is 21.7. The summed E-state index contributed by atoms with van der Waals surface area (Å²) >= 11 is 0. The number of rotatable bonds is 7. The third-order valence-electron chi connectivity index (χ3n) is 7.36. The van der Waals surface area contributed by atoms with Gasteiger partial charge in [0, 0.05) is 36.5 Å². The van der Waals surface area contributed by atoms with Crippen LogP contribution in [0.2, 0.25) is 0 Å². The average molecular weight is 492 g/mol. The molecule has 2 aliphatic heterocycles. The quantitative estimate of drug-likeness (QED) is 0.528. The van der Waals surface area contributed by atoms with Gasteiger partial charge in [0.25, 0.3) is 5.91 Å². The number of fused-ring (bicyclic) bond motifs is 5. The monoisotopic (exact) mass is 491 g/mol. The molecule has 2 aliphatic rings. The van der Waals surface area contributed by atoms with Crippen molar-refractivity contribution in [1.82, 2.24) is 14.8 Å². The highest BCUT2D eigenvalue weighted by atomic mass is 16.5. The van der Waals surface area contributed by atoms with Crippen molar-refractivity contribution in [3.63, 3.8) is 0 Å². The second kappa shape index (κ2) is 9.17. The Morgan fingerprint density at radius 3 is 2.67 bits per heavy atom. The lowest BCUT2D eigenvalue weighted by atomic mass is 9.76. The van der Waals surface area contributed by atoms with Crippen LogP contribution in [0.4, 0.5) is 0 Å². The molecule has 3 aromatic rings. The molecule has 1 aromatic heterocycles. The van der Waals surface area contributed by atoms with E-state index in [1.54, 1.807) is 16.9 Å². The van der Waals surface area contributed by atoms with E-state index in [0.29, 0.717) is 31.0 Å². The van der Waals surface area contributed by atoms with Crippen LogP contribution < -0.4 is 9.47 Å².